The monoisotopic (exact) mass is 425 g/mol. The first-order chi connectivity index (χ1) is 15.5. The molecule has 0 unspecified atom stereocenters. The third kappa shape index (κ3) is 4.13. The topological polar surface area (TPSA) is 99.3 Å². The Bertz CT molecular complexity index is 1360. The fourth-order valence-electron chi connectivity index (χ4n) is 3.58. The molecule has 0 fully saturated rings. The van der Waals surface area contributed by atoms with Gasteiger partial charge in [-0.05, 0) is 68.4 Å². The van der Waals surface area contributed by atoms with Crippen LogP contribution in [0.15, 0.2) is 87.4 Å². The zero-order valence-electron chi connectivity index (χ0n) is 18.1. The molecule has 0 saturated carbocycles. The largest absolute Gasteiger partial charge is 0.405 e. The number of nitrogens with two attached hydrogens (primary N) is 1. The van der Waals surface area contributed by atoms with Gasteiger partial charge in [-0.3, -0.25) is 4.79 Å². The summed E-state index contributed by atoms with van der Waals surface area (Å²) in [5, 5.41) is 8.62. The molecule has 0 spiro atoms. The molecule has 0 atom stereocenters. The number of hydrogen-bond donors (Lipinski definition) is 1. The van der Waals surface area contributed by atoms with Gasteiger partial charge in [-0.1, -0.05) is 29.4 Å². The van der Waals surface area contributed by atoms with Crippen LogP contribution in [0.5, 0.6) is 0 Å². The number of aliphatic imine (C=N–C) groups is 1. The first kappa shape index (κ1) is 21.0. The van der Waals surface area contributed by atoms with Gasteiger partial charge in [0.1, 0.15) is 5.76 Å². The highest BCUT2D eigenvalue weighted by atomic mass is 16.5. The van der Waals surface area contributed by atoms with Gasteiger partial charge in [-0.15, -0.1) is 0 Å². The van der Waals surface area contributed by atoms with Crippen molar-refractivity contribution in [2.75, 3.05) is 0 Å². The van der Waals surface area contributed by atoms with Crippen LogP contribution in [0.4, 0.5) is 5.69 Å². The van der Waals surface area contributed by atoms with E-state index < -0.39 is 0 Å². The summed E-state index contributed by atoms with van der Waals surface area (Å²) < 4.78 is 6.97. The van der Waals surface area contributed by atoms with Crippen molar-refractivity contribution < 1.29 is 4.52 Å². The second kappa shape index (κ2) is 8.85. The van der Waals surface area contributed by atoms with E-state index in [9.17, 15) is 4.79 Å². The number of nitrogens with zero attached hydrogens (tertiary/aromatic N) is 4. The van der Waals surface area contributed by atoms with Crippen molar-refractivity contribution in [3.63, 3.8) is 0 Å². The number of rotatable bonds is 5. The summed E-state index contributed by atoms with van der Waals surface area (Å²) in [5.41, 5.74) is 11.4. The Morgan fingerprint density at radius 1 is 1.09 bits per heavy atom. The lowest BCUT2D eigenvalue weighted by Gasteiger charge is -2.12. The molecule has 32 heavy (non-hydrogen) atoms. The zero-order valence-corrected chi connectivity index (χ0v) is 18.1. The average molecular weight is 425 g/mol. The molecule has 0 radical (unpaired) electrons. The molecule has 0 saturated heterocycles. The van der Waals surface area contributed by atoms with Crippen LogP contribution >= 0.6 is 0 Å². The van der Waals surface area contributed by atoms with Crippen molar-refractivity contribution in [1.82, 2.24) is 14.9 Å². The molecule has 2 aromatic carbocycles. The van der Waals surface area contributed by atoms with E-state index in [1.165, 1.54) is 12.3 Å². The van der Waals surface area contributed by atoms with Crippen molar-refractivity contribution >= 4 is 11.4 Å². The van der Waals surface area contributed by atoms with Crippen LogP contribution in [-0.4, -0.2) is 20.6 Å². The highest BCUT2D eigenvalue weighted by molar-refractivity contribution is 6.08. The predicted octanol–water partition coefficient (Wildman–Crippen LogP) is 4.41. The summed E-state index contributed by atoms with van der Waals surface area (Å²) in [6, 6.07) is 16.9. The van der Waals surface area contributed by atoms with E-state index in [1.54, 1.807) is 17.0 Å². The minimum atomic E-state index is -0.237. The SMILES string of the molecule is Cc1cc(-c2c(C)noc2C)ccc1-n1ccc(=O)c(C(C=CN)=Nc2ccccc2)n1. The predicted molar refractivity (Wildman–Crippen MR) is 126 cm³/mol. The second-order valence-electron chi connectivity index (χ2n) is 7.37. The normalized spacial score (nSPS) is 11.9. The van der Waals surface area contributed by atoms with Crippen LogP contribution in [-0.2, 0) is 0 Å². The van der Waals surface area contributed by atoms with Gasteiger partial charge in [0.15, 0.2) is 5.69 Å². The van der Waals surface area contributed by atoms with E-state index in [0.29, 0.717) is 11.4 Å². The highest BCUT2D eigenvalue weighted by Gasteiger charge is 2.14. The van der Waals surface area contributed by atoms with Crippen molar-refractivity contribution in [3.8, 4) is 16.8 Å². The zero-order chi connectivity index (χ0) is 22.7. The van der Waals surface area contributed by atoms with Crippen LogP contribution in [0.2, 0.25) is 0 Å². The Labute approximate surface area is 185 Å². The molecular formula is C25H23N5O2. The Hall–Kier alpha value is -4.26. The summed E-state index contributed by atoms with van der Waals surface area (Å²) in [4.78, 5) is 17.2. The molecule has 0 aliphatic carbocycles. The van der Waals surface area contributed by atoms with Gasteiger partial charge in [-0.25, -0.2) is 9.67 Å². The number of aromatic nitrogens is 3. The summed E-state index contributed by atoms with van der Waals surface area (Å²) in [7, 11) is 0. The quantitative estimate of drug-likeness (QED) is 0.478. The molecule has 2 N–H and O–H groups in total. The Balaban J connectivity index is 1.79. The van der Waals surface area contributed by atoms with Crippen molar-refractivity contribution in [3.05, 3.63) is 106 Å². The van der Waals surface area contributed by atoms with Crippen molar-refractivity contribution in [2.24, 2.45) is 10.7 Å². The summed E-state index contributed by atoms with van der Waals surface area (Å²) >= 11 is 0. The molecule has 0 amide bonds. The van der Waals surface area contributed by atoms with E-state index in [4.69, 9.17) is 10.3 Å². The first-order valence-electron chi connectivity index (χ1n) is 10.1. The smallest absolute Gasteiger partial charge is 0.209 e. The maximum atomic E-state index is 12.6. The highest BCUT2D eigenvalue weighted by Crippen LogP contribution is 2.29. The van der Waals surface area contributed by atoms with Gasteiger partial charge in [0, 0.05) is 17.8 Å². The summed E-state index contributed by atoms with van der Waals surface area (Å²) in [5.74, 6) is 0.772. The summed E-state index contributed by atoms with van der Waals surface area (Å²) in [6.45, 7) is 5.81. The molecule has 7 nitrogen and oxygen atoms in total. The van der Waals surface area contributed by atoms with Crippen LogP contribution < -0.4 is 11.2 Å². The molecule has 4 aromatic rings. The van der Waals surface area contributed by atoms with E-state index in [-0.39, 0.29) is 11.1 Å². The summed E-state index contributed by atoms with van der Waals surface area (Å²) in [6.07, 6.45) is 4.58. The molecule has 2 aromatic heterocycles. The lowest BCUT2D eigenvalue weighted by atomic mass is 10.0. The van der Waals surface area contributed by atoms with E-state index in [1.807, 2.05) is 63.2 Å². The van der Waals surface area contributed by atoms with Crippen LogP contribution in [0.1, 0.15) is 22.7 Å². The van der Waals surface area contributed by atoms with Crippen LogP contribution in [0, 0.1) is 20.8 Å². The fraction of sp³-hybridized carbons (Fsp3) is 0.120. The van der Waals surface area contributed by atoms with E-state index in [0.717, 1.165) is 33.8 Å². The van der Waals surface area contributed by atoms with Gasteiger partial charge >= 0.3 is 0 Å². The number of para-hydroxylation sites is 1. The maximum Gasteiger partial charge on any atom is 0.209 e. The van der Waals surface area contributed by atoms with Crippen molar-refractivity contribution in [1.29, 1.82) is 0 Å². The minimum Gasteiger partial charge on any atom is -0.405 e. The molecule has 4 rings (SSSR count). The number of hydrogen-bond acceptors (Lipinski definition) is 6. The average Bonchev–Trinajstić information content (AvgIpc) is 3.12. The lowest BCUT2D eigenvalue weighted by molar-refractivity contribution is 0.393. The van der Waals surface area contributed by atoms with Gasteiger partial charge in [-0.2, -0.15) is 5.10 Å². The standard InChI is InChI=1S/C25H23N5O2/c1-16-15-19(24-17(2)29-32-18(24)3)9-10-22(16)30-14-12-23(31)25(28-30)21(11-13-26)27-20-7-5-4-6-8-20/h4-15H,26H2,1-3H3. The molecule has 0 aliphatic rings. The Morgan fingerprint density at radius 2 is 1.88 bits per heavy atom. The third-order valence-corrected chi connectivity index (χ3v) is 5.08. The van der Waals surface area contributed by atoms with E-state index >= 15 is 0 Å². The molecule has 160 valence electrons. The molecule has 0 aliphatic heterocycles. The number of allylic oxidation sites excluding steroid dienone is 1. The lowest BCUT2D eigenvalue weighted by Crippen LogP contribution is -2.20. The Morgan fingerprint density at radius 3 is 2.53 bits per heavy atom. The number of aryl methyl sites for hydroxylation is 3. The molecule has 0 bridgehead atoms. The minimum absolute atomic E-state index is 0.215. The second-order valence-corrected chi connectivity index (χ2v) is 7.37. The Kier molecular flexibility index (Phi) is 5.81. The van der Waals surface area contributed by atoms with Gasteiger partial charge in [0.25, 0.3) is 0 Å². The van der Waals surface area contributed by atoms with Gasteiger partial charge < -0.3 is 10.3 Å². The third-order valence-electron chi connectivity index (χ3n) is 5.08. The molecular weight excluding hydrogens is 402 g/mol. The number of benzene rings is 2. The molecule has 7 heteroatoms. The molecule has 2 heterocycles. The van der Waals surface area contributed by atoms with E-state index in [2.05, 4.69) is 21.3 Å². The van der Waals surface area contributed by atoms with Crippen LogP contribution in [0.25, 0.3) is 16.8 Å². The van der Waals surface area contributed by atoms with Crippen molar-refractivity contribution in [2.45, 2.75) is 20.8 Å². The van der Waals surface area contributed by atoms with Crippen LogP contribution in [0.3, 0.4) is 0 Å². The maximum absolute atomic E-state index is 12.6. The first-order valence-corrected chi connectivity index (χ1v) is 10.1. The van der Waals surface area contributed by atoms with Gasteiger partial charge in [0.2, 0.25) is 5.43 Å². The fourth-order valence-corrected chi connectivity index (χ4v) is 3.58. The van der Waals surface area contributed by atoms with Gasteiger partial charge in [0.05, 0.1) is 22.8 Å².